The first-order chi connectivity index (χ1) is 15.7. The van der Waals surface area contributed by atoms with E-state index in [1.54, 1.807) is 6.08 Å². The maximum atomic E-state index is 12.2. The standard InChI is InChI=1S/C26H46N6O/c1-21(2)9-6-10-22(3)11-7-12-23(4)13-14-25(33)29-17-15-24-19-32(20-31(24)5)18-8-16-30-26(27)28/h9,11,13-14,19,23H,6-8,10,12,15-18,20H2,1-5H3,(H,29,33)(H4,27,28,30). The molecule has 0 aromatic rings. The number of nitrogens with zero attached hydrogens (tertiary/aromatic N) is 3. The van der Waals surface area contributed by atoms with Crippen molar-refractivity contribution in [1.82, 2.24) is 15.1 Å². The number of hydrogen-bond donors (Lipinski definition) is 3. The van der Waals surface area contributed by atoms with Crippen LogP contribution in [0.5, 0.6) is 0 Å². The van der Waals surface area contributed by atoms with E-state index < -0.39 is 0 Å². The molecule has 33 heavy (non-hydrogen) atoms. The van der Waals surface area contributed by atoms with Crippen molar-refractivity contribution in [2.24, 2.45) is 22.4 Å². The number of carbonyl (C=O) groups excluding carboxylic acids is 1. The first kappa shape index (κ1) is 28.3. The van der Waals surface area contributed by atoms with Gasteiger partial charge in [-0.1, -0.05) is 36.3 Å². The second-order valence-electron chi connectivity index (χ2n) is 9.26. The lowest BCUT2D eigenvalue weighted by molar-refractivity contribution is -0.116. The van der Waals surface area contributed by atoms with E-state index in [0.717, 1.165) is 51.7 Å². The number of nitrogens with one attached hydrogen (secondary N) is 1. The van der Waals surface area contributed by atoms with Crippen LogP contribution in [0.1, 0.15) is 66.2 Å². The van der Waals surface area contributed by atoms with Gasteiger partial charge in [-0.2, -0.15) is 0 Å². The Bertz CT molecular complexity index is 742. The predicted molar refractivity (Wildman–Crippen MR) is 140 cm³/mol. The Morgan fingerprint density at radius 3 is 2.70 bits per heavy atom. The smallest absolute Gasteiger partial charge is 0.243 e. The summed E-state index contributed by atoms with van der Waals surface area (Å²) in [4.78, 5) is 20.6. The average molecular weight is 459 g/mol. The Kier molecular flexibility index (Phi) is 13.7. The van der Waals surface area contributed by atoms with Gasteiger partial charge in [0.1, 0.15) is 0 Å². The molecule has 1 atom stereocenters. The van der Waals surface area contributed by atoms with Crippen LogP contribution in [-0.4, -0.2) is 55.0 Å². The molecular formula is C26H46N6O. The minimum absolute atomic E-state index is 0.0226. The number of carbonyl (C=O) groups is 1. The number of nitrogens with two attached hydrogens (primary N) is 2. The van der Waals surface area contributed by atoms with Gasteiger partial charge in [-0.05, 0) is 64.9 Å². The molecule has 0 saturated heterocycles. The number of rotatable bonds is 15. The summed E-state index contributed by atoms with van der Waals surface area (Å²) in [5, 5.41) is 3.00. The molecule has 7 heteroatoms. The van der Waals surface area contributed by atoms with Crippen LogP contribution >= 0.6 is 0 Å². The minimum atomic E-state index is -0.0226. The van der Waals surface area contributed by atoms with Gasteiger partial charge < -0.3 is 26.6 Å². The van der Waals surface area contributed by atoms with E-state index >= 15 is 0 Å². The van der Waals surface area contributed by atoms with Crippen molar-refractivity contribution in [1.29, 1.82) is 0 Å². The highest BCUT2D eigenvalue weighted by atomic mass is 16.1. The molecule has 186 valence electrons. The van der Waals surface area contributed by atoms with Crippen molar-refractivity contribution in [3.8, 4) is 0 Å². The number of amides is 1. The van der Waals surface area contributed by atoms with Crippen LogP contribution in [0.15, 0.2) is 52.3 Å². The molecule has 1 aliphatic heterocycles. The average Bonchev–Trinajstić information content (AvgIpc) is 3.08. The molecule has 0 bridgehead atoms. The van der Waals surface area contributed by atoms with Gasteiger partial charge in [0.15, 0.2) is 5.96 Å². The minimum Gasteiger partial charge on any atom is -0.370 e. The zero-order chi connectivity index (χ0) is 24.6. The van der Waals surface area contributed by atoms with Gasteiger partial charge in [0, 0.05) is 45.0 Å². The number of aliphatic imine (C=N–C) groups is 1. The van der Waals surface area contributed by atoms with E-state index in [4.69, 9.17) is 11.5 Å². The van der Waals surface area contributed by atoms with E-state index in [0.29, 0.717) is 19.0 Å². The Morgan fingerprint density at radius 1 is 1.24 bits per heavy atom. The molecular weight excluding hydrogens is 412 g/mol. The Morgan fingerprint density at radius 2 is 2.00 bits per heavy atom. The molecule has 0 saturated carbocycles. The summed E-state index contributed by atoms with van der Waals surface area (Å²) in [5.74, 6) is 0.501. The molecule has 1 aliphatic rings. The van der Waals surface area contributed by atoms with Crippen molar-refractivity contribution in [2.75, 3.05) is 33.4 Å². The molecule has 1 amide bonds. The van der Waals surface area contributed by atoms with Gasteiger partial charge in [0.05, 0.1) is 6.67 Å². The van der Waals surface area contributed by atoms with Crippen molar-refractivity contribution in [3.05, 3.63) is 47.3 Å². The number of guanidine groups is 1. The highest BCUT2D eigenvalue weighted by molar-refractivity contribution is 5.87. The fourth-order valence-corrected chi connectivity index (χ4v) is 3.59. The second-order valence-corrected chi connectivity index (χ2v) is 9.26. The van der Waals surface area contributed by atoms with Crippen LogP contribution in [0, 0.1) is 5.92 Å². The Balaban J connectivity index is 2.25. The number of hydrogen-bond acceptors (Lipinski definition) is 4. The van der Waals surface area contributed by atoms with E-state index in [9.17, 15) is 4.79 Å². The lowest BCUT2D eigenvalue weighted by Crippen LogP contribution is -2.27. The molecule has 1 rings (SSSR count). The monoisotopic (exact) mass is 458 g/mol. The largest absolute Gasteiger partial charge is 0.370 e. The normalized spacial score (nSPS) is 14.9. The third kappa shape index (κ3) is 14.1. The molecule has 0 aromatic carbocycles. The molecule has 1 heterocycles. The maximum Gasteiger partial charge on any atom is 0.243 e. The Labute approximate surface area is 201 Å². The maximum absolute atomic E-state index is 12.2. The van der Waals surface area contributed by atoms with Crippen LogP contribution < -0.4 is 16.8 Å². The Hall–Kier alpha value is -2.70. The van der Waals surface area contributed by atoms with E-state index in [2.05, 4.69) is 73.2 Å². The highest BCUT2D eigenvalue weighted by Gasteiger charge is 2.16. The summed E-state index contributed by atoms with van der Waals surface area (Å²) in [6.07, 6.45) is 16.5. The zero-order valence-corrected chi connectivity index (χ0v) is 21.4. The van der Waals surface area contributed by atoms with Crippen molar-refractivity contribution >= 4 is 11.9 Å². The third-order valence-electron chi connectivity index (χ3n) is 5.58. The van der Waals surface area contributed by atoms with Crippen LogP contribution in [0.25, 0.3) is 0 Å². The van der Waals surface area contributed by atoms with Gasteiger partial charge >= 0.3 is 0 Å². The van der Waals surface area contributed by atoms with Crippen molar-refractivity contribution in [2.45, 2.75) is 66.2 Å². The molecule has 0 radical (unpaired) electrons. The van der Waals surface area contributed by atoms with E-state index in [1.165, 1.54) is 16.8 Å². The highest BCUT2D eigenvalue weighted by Crippen LogP contribution is 2.16. The summed E-state index contributed by atoms with van der Waals surface area (Å²) >= 11 is 0. The first-order valence-corrected chi connectivity index (χ1v) is 12.1. The lowest BCUT2D eigenvalue weighted by atomic mass is 10.0. The van der Waals surface area contributed by atoms with Crippen LogP contribution in [0.3, 0.4) is 0 Å². The summed E-state index contributed by atoms with van der Waals surface area (Å²) < 4.78 is 0. The fourth-order valence-electron chi connectivity index (χ4n) is 3.59. The molecule has 0 aliphatic carbocycles. The molecule has 0 spiro atoms. The SMILES string of the molecule is CC(C)=CCCC(C)=CCCC(C)C=CC(=O)NCCC1=CN(CCCN=C(N)N)CN1C. The predicted octanol–water partition coefficient (Wildman–Crippen LogP) is 3.87. The molecule has 7 nitrogen and oxygen atoms in total. The van der Waals surface area contributed by atoms with Gasteiger partial charge in [0.25, 0.3) is 0 Å². The third-order valence-corrected chi connectivity index (χ3v) is 5.58. The van der Waals surface area contributed by atoms with E-state index in [1.807, 2.05) is 6.08 Å². The second kappa shape index (κ2) is 16.0. The zero-order valence-electron chi connectivity index (χ0n) is 21.4. The quantitative estimate of drug-likeness (QED) is 0.114. The topological polar surface area (TPSA) is 100.0 Å². The van der Waals surface area contributed by atoms with Gasteiger partial charge in [-0.25, -0.2) is 0 Å². The summed E-state index contributed by atoms with van der Waals surface area (Å²) in [7, 11) is 2.07. The van der Waals surface area contributed by atoms with Gasteiger partial charge in [-0.3, -0.25) is 9.79 Å². The summed E-state index contributed by atoms with van der Waals surface area (Å²) in [6.45, 7) is 11.7. The molecule has 0 fully saturated rings. The summed E-state index contributed by atoms with van der Waals surface area (Å²) in [6, 6.07) is 0. The number of allylic oxidation sites excluding steroid dienone is 5. The molecule has 1 unspecified atom stereocenters. The van der Waals surface area contributed by atoms with E-state index in [-0.39, 0.29) is 11.9 Å². The molecule has 0 aromatic heterocycles. The van der Waals surface area contributed by atoms with Gasteiger partial charge in [-0.15, -0.1) is 0 Å². The van der Waals surface area contributed by atoms with Crippen molar-refractivity contribution in [3.63, 3.8) is 0 Å². The summed E-state index contributed by atoms with van der Waals surface area (Å²) in [5.41, 5.74) is 14.8. The van der Waals surface area contributed by atoms with Gasteiger partial charge in [0.2, 0.25) is 5.91 Å². The van der Waals surface area contributed by atoms with Crippen LogP contribution in [0.4, 0.5) is 0 Å². The van der Waals surface area contributed by atoms with Crippen LogP contribution in [0.2, 0.25) is 0 Å². The lowest BCUT2D eigenvalue weighted by Gasteiger charge is -2.19. The first-order valence-electron chi connectivity index (χ1n) is 12.1. The van der Waals surface area contributed by atoms with Crippen LogP contribution in [-0.2, 0) is 4.79 Å². The van der Waals surface area contributed by atoms with Crippen molar-refractivity contribution < 1.29 is 4.79 Å². The fraction of sp³-hybridized carbons (Fsp3) is 0.615. The molecule has 5 N–H and O–H groups in total.